The molecule has 2 aromatic carbocycles. The van der Waals surface area contributed by atoms with E-state index in [0.29, 0.717) is 0 Å². The lowest BCUT2D eigenvalue weighted by Gasteiger charge is -2.15. The maximum absolute atomic E-state index is 12.9. The lowest BCUT2D eigenvalue weighted by atomic mass is 10.1. The molecule has 0 aliphatic heterocycles. The van der Waals surface area contributed by atoms with Crippen molar-refractivity contribution in [1.29, 1.82) is 0 Å². The molecule has 30 heavy (non-hydrogen) atoms. The van der Waals surface area contributed by atoms with Gasteiger partial charge in [-0.2, -0.15) is 0 Å². The fraction of sp³-hybridized carbons (Fsp3) is 0.158. The molecule has 1 aromatic heterocycles. The maximum Gasteiger partial charge on any atom is 0.573 e. The number of carbonyl (C=O) groups excluding carboxylic acids is 1. The number of hydrogen-bond donors (Lipinski definition) is 0. The number of ether oxygens (including phenoxy) is 1. The fourth-order valence-electron chi connectivity index (χ4n) is 2.43. The molecule has 11 heteroatoms. The summed E-state index contributed by atoms with van der Waals surface area (Å²) in [5.74, 6) is -1.80. The van der Waals surface area contributed by atoms with Gasteiger partial charge in [0, 0.05) is 18.6 Å². The molecule has 6 nitrogen and oxygen atoms in total. The zero-order chi connectivity index (χ0) is 22.1. The smallest absolute Gasteiger partial charge is 0.454 e. The minimum absolute atomic E-state index is 0.00410. The summed E-state index contributed by atoms with van der Waals surface area (Å²) in [5, 5.41) is 0.241. The standard InChI is InChI=1S/C19H11BrClF3O6/c1-2-17(26)30-29-16-6-10(15(7-11(16)20)28-19(22,23)24)14-8-13(25)9-4-3-5-12(21)18(9)27-14/h3-8H,2H2,1H3. The number of alkyl halides is 3. The molecule has 0 saturated heterocycles. The van der Waals surface area contributed by atoms with Crippen molar-refractivity contribution in [2.75, 3.05) is 0 Å². The molecule has 0 amide bonds. The van der Waals surface area contributed by atoms with E-state index in [9.17, 15) is 22.8 Å². The molecule has 0 spiro atoms. The first-order valence-electron chi connectivity index (χ1n) is 8.28. The summed E-state index contributed by atoms with van der Waals surface area (Å²) < 4.78 is 48.4. The SMILES string of the molecule is CCC(=O)OOc1cc(-c2cc(=O)c3cccc(Cl)c3o2)c(OC(F)(F)F)cc1Br. The third-order valence-corrected chi connectivity index (χ3v) is 4.66. The van der Waals surface area contributed by atoms with Gasteiger partial charge in [0.2, 0.25) is 0 Å². The number of para-hydroxylation sites is 1. The molecular formula is C19H11BrClF3O6. The Balaban J connectivity index is 2.20. The van der Waals surface area contributed by atoms with Gasteiger partial charge in [-0.15, -0.1) is 13.2 Å². The van der Waals surface area contributed by atoms with E-state index in [1.54, 1.807) is 0 Å². The highest BCUT2D eigenvalue weighted by atomic mass is 79.9. The summed E-state index contributed by atoms with van der Waals surface area (Å²) in [6.07, 6.45) is -5.02. The molecule has 0 N–H and O–H groups in total. The Morgan fingerprint density at radius 1 is 1.20 bits per heavy atom. The van der Waals surface area contributed by atoms with Gasteiger partial charge in [-0.25, -0.2) is 4.79 Å². The van der Waals surface area contributed by atoms with Crippen LogP contribution in [0.5, 0.6) is 11.5 Å². The zero-order valence-electron chi connectivity index (χ0n) is 15.0. The summed E-state index contributed by atoms with van der Waals surface area (Å²) in [7, 11) is 0. The molecular weight excluding hydrogens is 497 g/mol. The van der Waals surface area contributed by atoms with Crippen LogP contribution in [0.3, 0.4) is 0 Å². The normalized spacial score (nSPS) is 11.4. The molecule has 0 atom stereocenters. The predicted octanol–water partition coefficient (Wildman–Crippen LogP) is 6.02. The van der Waals surface area contributed by atoms with Crippen molar-refractivity contribution in [1.82, 2.24) is 0 Å². The molecule has 3 rings (SSSR count). The maximum atomic E-state index is 12.9. The van der Waals surface area contributed by atoms with Crippen LogP contribution in [0.15, 0.2) is 50.1 Å². The lowest BCUT2D eigenvalue weighted by Crippen LogP contribution is -2.18. The van der Waals surface area contributed by atoms with E-state index in [1.807, 2.05) is 0 Å². The van der Waals surface area contributed by atoms with Crippen LogP contribution in [0.1, 0.15) is 13.3 Å². The number of benzene rings is 2. The first kappa shape index (κ1) is 22.0. The van der Waals surface area contributed by atoms with Crippen molar-refractivity contribution in [3.63, 3.8) is 0 Å². The van der Waals surface area contributed by atoms with Gasteiger partial charge in [-0.3, -0.25) is 14.6 Å². The van der Waals surface area contributed by atoms with Gasteiger partial charge in [0.1, 0.15) is 11.5 Å². The van der Waals surface area contributed by atoms with E-state index in [-0.39, 0.29) is 44.0 Å². The van der Waals surface area contributed by atoms with Crippen molar-refractivity contribution in [2.24, 2.45) is 0 Å². The monoisotopic (exact) mass is 506 g/mol. The van der Waals surface area contributed by atoms with Crippen LogP contribution < -0.4 is 15.1 Å². The van der Waals surface area contributed by atoms with Crippen molar-refractivity contribution >= 4 is 44.5 Å². The second-order valence-corrected chi connectivity index (χ2v) is 7.07. The topological polar surface area (TPSA) is 75.0 Å². The largest absolute Gasteiger partial charge is 0.573 e. The van der Waals surface area contributed by atoms with E-state index < -0.39 is 23.5 Å². The Bertz CT molecular complexity index is 1180. The van der Waals surface area contributed by atoms with E-state index >= 15 is 0 Å². The molecule has 3 aromatic rings. The third-order valence-electron chi connectivity index (χ3n) is 3.74. The van der Waals surface area contributed by atoms with Crippen LogP contribution in [0.2, 0.25) is 5.02 Å². The Kier molecular flexibility index (Phi) is 6.27. The number of fused-ring (bicyclic) bond motifs is 1. The van der Waals surface area contributed by atoms with Crippen molar-refractivity contribution in [3.8, 4) is 22.8 Å². The minimum atomic E-state index is -5.03. The molecule has 1 heterocycles. The number of carbonyl (C=O) groups is 1. The Hall–Kier alpha value is -2.72. The Morgan fingerprint density at radius 2 is 1.93 bits per heavy atom. The Morgan fingerprint density at radius 3 is 2.60 bits per heavy atom. The van der Waals surface area contributed by atoms with Gasteiger partial charge in [0.05, 0.1) is 20.4 Å². The first-order valence-corrected chi connectivity index (χ1v) is 9.45. The molecule has 0 fully saturated rings. The molecule has 0 aliphatic carbocycles. The van der Waals surface area contributed by atoms with Crippen molar-refractivity contribution < 1.29 is 36.9 Å². The quantitative estimate of drug-likeness (QED) is 0.310. The summed E-state index contributed by atoms with van der Waals surface area (Å²) in [6, 6.07) is 7.46. The van der Waals surface area contributed by atoms with Crippen molar-refractivity contribution in [2.45, 2.75) is 19.7 Å². The van der Waals surface area contributed by atoms with Gasteiger partial charge in [-0.05, 0) is 34.1 Å². The minimum Gasteiger partial charge on any atom is -0.454 e. The van der Waals surface area contributed by atoms with Gasteiger partial charge in [-0.1, -0.05) is 24.6 Å². The average molecular weight is 508 g/mol. The summed E-state index contributed by atoms with van der Waals surface area (Å²) in [6.45, 7) is 1.53. The first-order chi connectivity index (χ1) is 14.1. The van der Waals surface area contributed by atoms with Crippen LogP contribution in [-0.2, 0) is 9.68 Å². The molecule has 0 unspecified atom stereocenters. The van der Waals surface area contributed by atoms with Crippen LogP contribution in [0, 0.1) is 0 Å². The highest BCUT2D eigenvalue weighted by Crippen LogP contribution is 2.41. The summed E-state index contributed by atoms with van der Waals surface area (Å²) >= 11 is 9.08. The van der Waals surface area contributed by atoms with Gasteiger partial charge >= 0.3 is 12.3 Å². The van der Waals surface area contributed by atoms with Crippen molar-refractivity contribution in [3.05, 3.63) is 56.1 Å². The molecule has 0 aliphatic rings. The van der Waals surface area contributed by atoms with Gasteiger partial charge in [0.15, 0.2) is 16.8 Å². The molecule has 0 saturated carbocycles. The zero-order valence-corrected chi connectivity index (χ0v) is 17.4. The van der Waals surface area contributed by atoms with E-state index in [4.69, 9.17) is 20.9 Å². The van der Waals surface area contributed by atoms with E-state index in [0.717, 1.165) is 18.2 Å². The lowest BCUT2D eigenvalue weighted by molar-refractivity contribution is -0.274. The van der Waals surface area contributed by atoms with E-state index in [1.165, 1.54) is 25.1 Å². The second-order valence-electron chi connectivity index (χ2n) is 5.81. The highest BCUT2D eigenvalue weighted by Gasteiger charge is 2.33. The highest BCUT2D eigenvalue weighted by molar-refractivity contribution is 9.10. The summed E-state index contributed by atoms with van der Waals surface area (Å²) in [4.78, 5) is 33.2. The fourth-order valence-corrected chi connectivity index (χ4v) is 3.03. The van der Waals surface area contributed by atoms with Crippen LogP contribution in [0.25, 0.3) is 22.3 Å². The van der Waals surface area contributed by atoms with Crippen LogP contribution in [-0.4, -0.2) is 12.3 Å². The average Bonchev–Trinajstić information content (AvgIpc) is 2.66. The Labute approximate surface area is 180 Å². The van der Waals surface area contributed by atoms with Crippen LogP contribution in [0.4, 0.5) is 13.2 Å². The molecule has 0 radical (unpaired) electrons. The molecule has 0 bridgehead atoms. The van der Waals surface area contributed by atoms with Crippen LogP contribution >= 0.6 is 27.5 Å². The summed E-state index contributed by atoms with van der Waals surface area (Å²) in [5.41, 5.74) is -0.825. The van der Waals surface area contributed by atoms with Gasteiger partial charge < -0.3 is 9.15 Å². The predicted molar refractivity (Wildman–Crippen MR) is 104 cm³/mol. The third kappa shape index (κ3) is 4.88. The second kappa shape index (κ2) is 8.57. The number of hydrogen-bond acceptors (Lipinski definition) is 6. The van der Waals surface area contributed by atoms with E-state index in [2.05, 4.69) is 25.6 Å². The molecule has 158 valence electrons. The van der Waals surface area contributed by atoms with Gasteiger partial charge in [0.25, 0.3) is 0 Å². The number of halogens is 5. The number of rotatable bonds is 5.